The summed E-state index contributed by atoms with van der Waals surface area (Å²) >= 11 is 0. The summed E-state index contributed by atoms with van der Waals surface area (Å²) in [5.41, 5.74) is 2.92. The molecule has 2 aromatic carbocycles. The van der Waals surface area contributed by atoms with E-state index in [2.05, 4.69) is 0 Å². The maximum atomic E-state index is 13.5. The normalized spacial score (nSPS) is 10.5. The molecule has 0 aliphatic carbocycles. The van der Waals surface area contributed by atoms with E-state index in [9.17, 15) is 8.78 Å². The fourth-order valence-electron chi connectivity index (χ4n) is 1.65. The average molecular weight is 218 g/mol. The van der Waals surface area contributed by atoms with Crippen molar-refractivity contribution in [2.45, 2.75) is 13.8 Å². The van der Waals surface area contributed by atoms with Gasteiger partial charge in [-0.3, -0.25) is 0 Å². The maximum absolute atomic E-state index is 13.5. The molecule has 0 saturated heterocycles. The lowest BCUT2D eigenvalue weighted by Crippen LogP contribution is -1.90. The molecule has 0 aliphatic heterocycles. The first-order valence-electron chi connectivity index (χ1n) is 5.10. The number of hydrogen-bond donors (Lipinski definition) is 0. The van der Waals surface area contributed by atoms with Gasteiger partial charge in [0.2, 0.25) is 0 Å². The van der Waals surface area contributed by atoms with Crippen LogP contribution >= 0.6 is 0 Å². The van der Waals surface area contributed by atoms with Crippen LogP contribution in [0, 0.1) is 25.5 Å². The molecule has 0 nitrogen and oxygen atoms in total. The van der Waals surface area contributed by atoms with Crippen molar-refractivity contribution in [3.63, 3.8) is 0 Å². The molecule has 82 valence electrons. The first-order chi connectivity index (χ1) is 7.58. The second-order valence-electron chi connectivity index (χ2n) is 3.91. The van der Waals surface area contributed by atoms with Crippen molar-refractivity contribution in [2.24, 2.45) is 0 Å². The third kappa shape index (κ3) is 1.96. The second kappa shape index (κ2) is 4.05. The van der Waals surface area contributed by atoms with Crippen LogP contribution in [0.2, 0.25) is 0 Å². The van der Waals surface area contributed by atoms with Gasteiger partial charge in [-0.15, -0.1) is 0 Å². The quantitative estimate of drug-likeness (QED) is 0.671. The number of rotatable bonds is 1. The van der Waals surface area contributed by atoms with Gasteiger partial charge in [-0.2, -0.15) is 0 Å². The Hall–Kier alpha value is -1.70. The summed E-state index contributed by atoms with van der Waals surface area (Å²) in [6, 6.07) is 9.49. The monoisotopic (exact) mass is 218 g/mol. The Morgan fingerprint density at radius 1 is 0.875 bits per heavy atom. The molecule has 0 bridgehead atoms. The van der Waals surface area contributed by atoms with Crippen molar-refractivity contribution < 1.29 is 8.78 Å². The highest BCUT2D eigenvalue weighted by Crippen LogP contribution is 2.24. The molecule has 0 atom stereocenters. The molecule has 0 radical (unpaired) electrons. The van der Waals surface area contributed by atoms with E-state index in [1.165, 1.54) is 18.2 Å². The van der Waals surface area contributed by atoms with Crippen LogP contribution in [-0.2, 0) is 0 Å². The third-order valence-corrected chi connectivity index (χ3v) is 2.76. The first-order valence-corrected chi connectivity index (χ1v) is 5.10. The van der Waals surface area contributed by atoms with Crippen molar-refractivity contribution in [1.29, 1.82) is 0 Å². The van der Waals surface area contributed by atoms with Crippen LogP contribution in [0.1, 0.15) is 11.1 Å². The molecule has 2 aromatic rings. The summed E-state index contributed by atoms with van der Waals surface area (Å²) in [7, 11) is 0. The Bertz CT molecular complexity index is 507. The summed E-state index contributed by atoms with van der Waals surface area (Å²) in [5.74, 6) is -0.560. The van der Waals surface area contributed by atoms with Gasteiger partial charge in [0.05, 0.1) is 0 Å². The minimum absolute atomic E-state index is 0.251. The van der Waals surface area contributed by atoms with Crippen LogP contribution in [-0.4, -0.2) is 0 Å². The van der Waals surface area contributed by atoms with Gasteiger partial charge in [-0.05, 0) is 54.3 Å². The van der Waals surface area contributed by atoms with Crippen molar-refractivity contribution in [1.82, 2.24) is 0 Å². The van der Waals surface area contributed by atoms with Crippen LogP contribution in [0.15, 0.2) is 36.4 Å². The Morgan fingerprint density at radius 3 is 2.25 bits per heavy atom. The lowest BCUT2D eigenvalue weighted by Gasteiger charge is -2.07. The van der Waals surface area contributed by atoms with E-state index in [-0.39, 0.29) is 11.6 Å². The minimum atomic E-state index is -0.309. The Kier molecular flexibility index (Phi) is 2.73. The molecule has 16 heavy (non-hydrogen) atoms. The molecule has 0 aromatic heterocycles. The zero-order chi connectivity index (χ0) is 11.7. The Morgan fingerprint density at radius 2 is 1.62 bits per heavy atom. The molecule has 0 aliphatic rings. The van der Waals surface area contributed by atoms with Gasteiger partial charge in [0.25, 0.3) is 0 Å². The Balaban J connectivity index is 2.57. The standard InChI is InChI=1S/C14H12F2/c1-9-6-12(8-14(16)10(9)2)11-4-3-5-13(15)7-11/h3-8H,1-2H3. The van der Waals surface area contributed by atoms with Gasteiger partial charge < -0.3 is 0 Å². The van der Waals surface area contributed by atoms with Crippen molar-refractivity contribution in [3.05, 3.63) is 59.2 Å². The molecular formula is C14H12F2. The van der Waals surface area contributed by atoms with Crippen molar-refractivity contribution in [2.75, 3.05) is 0 Å². The van der Waals surface area contributed by atoms with E-state index < -0.39 is 0 Å². The highest BCUT2D eigenvalue weighted by molar-refractivity contribution is 5.65. The molecule has 0 spiro atoms. The Labute approximate surface area is 93.5 Å². The topological polar surface area (TPSA) is 0 Å². The lowest BCUT2D eigenvalue weighted by atomic mass is 10.00. The maximum Gasteiger partial charge on any atom is 0.126 e. The second-order valence-corrected chi connectivity index (χ2v) is 3.91. The fourth-order valence-corrected chi connectivity index (χ4v) is 1.65. The van der Waals surface area contributed by atoms with Crippen LogP contribution in [0.3, 0.4) is 0 Å². The minimum Gasteiger partial charge on any atom is -0.207 e. The smallest absolute Gasteiger partial charge is 0.126 e. The van der Waals surface area contributed by atoms with Crippen LogP contribution in [0.5, 0.6) is 0 Å². The predicted octanol–water partition coefficient (Wildman–Crippen LogP) is 4.25. The number of hydrogen-bond acceptors (Lipinski definition) is 0. The van der Waals surface area contributed by atoms with Gasteiger partial charge in [-0.1, -0.05) is 18.2 Å². The van der Waals surface area contributed by atoms with Gasteiger partial charge >= 0.3 is 0 Å². The van der Waals surface area contributed by atoms with Crippen molar-refractivity contribution in [3.8, 4) is 11.1 Å². The average Bonchev–Trinajstić information content (AvgIpc) is 2.25. The van der Waals surface area contributed by atoms with Crippen LogP contribution in [0.4, 0.5) is 8.78 Å². The molecule has 2 heteroatoms. The van der Waals surface area contributed by atoms with Crippen LogP contribution in [0.25, 0.3) is 11.1 Å². The number of benzene rings is 2. The molecule has 0 N–H and O–H groups in total. The van der Waals surface area contributed by atoms with Crippen LogP contribution < -0.4 is 0 Å². The summed E-state index contributed by atoms with van der Waals surface area (Å²) < 4.78 is 26.6. The van der Waals surface area contributed by atoms with E-state index in [0.29, 0.717) is 16.7 Å². The third-order valence-electron chi connectivity index (χ3n) is 2.76. The molecule has 0 fully saturated rings. The highest BCUT2D eigenvalue weighted by atomic mass is 19.1. The fraction of sp³-hybridized carbons (Fsp3) is 0.143. The van der Waals surface area contributed by atoms with E-state index in [4.69, 9.17) is 0 Å². The van der Waals surface area contributed by atoms with E-state index in [0.717, 1.165) is 5.56 Å². The zero-order valence-electron chi connectivity index (χ0n) is 9.22. The van der Waals surface area contributed by atoms with E-state index in [1.54, 1.807) is 19.1 Å². The highest BCUT2D eigenvalue weighted by Gasteiger charge is 2.06. The van der Waals surface area contributed by atoms with Gasteiger partial charge in [0.1, 0.15) is 11.6 Å². The first kappa shape index (κ1) is 10.8. The van der Waals surface area contributed by atoms with E-state index in [1.807, 2.05) is 13.0 Å². The molecule has 0 unspecified atom stereocenters. The summed E-state index contributed by atoms with van der Waals surface area (Å²) in [6.45, 7) is 3.58. The largest absolute Gasteiger partial charge is 0.207 e. The SMILES string of the molecule is Cc1cc(-c2cccc(F)c2)cc(F)c1C. The molecule has 0 heterocycles. The molecule has 0 amide bonds. The summed E-state index contributed by atoms with van der Waals surface area (Å²) in [5, 5.41) is 0. The number of halogens is 2. The molecule has 0 saturated carbocycles. The van der Waals surface area contributed by atoms with Gasteiger partial charge in [0, 0.05) is 0 Å². The van der Waals surface area contributed by atoms with Gasteiger partial charge in [-0.25, -0.2) is 8.78 Å². The van der Waals surface area contributed by atoms with Gasteiger partial charge in [0.15, 0.2) is 0 Å². The summed E-state index contributed by atoms with van der Waals surface area (Å²) in [4.78, 5) is 0. The number of aryl methyl sites for hydroxylation is 1. The molecular weight excluding hydrogens is 206 g/mol. The molecule has 2 rings (SSSR count). The van der Waals surface area contributed by atoms with Crippen molar-refractivity contribution >= 4 is 0 Å². The predicted molar refractivity (Wildman–Crippen MR) is 61.3 cm³/mol. The summed E-state index contributed by atoms with van der Waals surface area (Å²) in [6.07, 6.45) is 0. The zero-order valence-corrected chi connectivity index (χ0v) is 9.22. The lowest BCUT2D eigenvalue weighted by molar-refractivity contribution is 0.617. The van der Waals surface area contributed by atoms with E-state index >= 15 is 0 Å².